The maximum Gasteiger partial charge on any atom is 0.0543 e. The second-order valence-corrected chi connectivity index (χ2v) is 26.4. The van der Waals surface area contributed by atoms with Gasteiger partial charge in [-0.15, -0.1) is 0 Å². The molecule has 2 heteroatoms. The van der Waals surface area contributed by atoms with Crippen LogP contribution in [-0.2, 0) is 27.1 Å². The topological polar surface area (TPSA) is 8.17 Å². The van der Waals surface area contributed by atoms with Gasteiger partial charge in [-0.3, -0.25) is 0 Å². The molecule has 0 bridgehead atoms. The Morgan fingerprint density at radius 1 is 0.311 bits per heavy atom. The van der Waals surface area contributed by atoms with E-state index >= 15 is 0 Å². The van der Waals surface area contributed by atoms with Crippen LogP contribution in [0.15, 0.2) is 176 Å². The van der Waals surface area contributed by atoms with Gasteiger partial charge >= 0.3 is 0 Å². The molecule has 0 unspecified atom stereocenters. The highest BCUT2D eigenvalue weighted by Gasteiger charge is 2.28. The first-order valence-electron chi connectivity index (χ1n) is 26.9. The Kier molecular flexibility index (Phi) is 11.4. The van der Waals surface area contributed by atoms with Crippen molar-refractivity contribution in [1.82, 2.24) is 4.57 Å². The number of nitrogens with zero attached hydrogens (tertiary/aromatic N) is 2. The summed E-state index contributed by atoms with van der Waals surface area (Å²) in [6.07, 6.45) is 0. The molecule has 74 heavy (non-hydrogen) atoms. The lowest BCUT2D eigenvalue weighted by atomic mass is 9.78. The molecule has 0 atom stereocenters. The standard InChI is InChI=1S/C72H74N2/c1-68(2,3)50-30-35-56(49-40-53(71(10,11)12)43-54(41-49)72(13,14)15)65(44-50)73(55-31-24-45(25-32-55)48-38-51(69(4,5)6)42-52(39-48)70(7,8)9)63-36-28-46-27-34-60-64(37-29-47-26-33-59(63)66(46)67(47)60)74-61-22-18-16-20-57(61)58-21-17-19-23-62(58)74/h16-44H,1-15H3. The molecule has 0 N–H and O–H groups in total. The van der Waals surface area contributed by atoms with Crippen LogP contribution in [0.5, 0.6) is 0 Å². The number of hydrogen-bond donors (Lipinski definition) is 0. The fourth-order valence-electron chi connectivity index (χ4n) is 11.3. The lowest BCUT2D eigenvalue weighted by Gasteiger charge is -2.32. The van der Waals surface area contributed by atoms with E-state index in [1.54, 1.807) is 0 Å². The predicted octanol–water partition coefficient (Wildman–Crippen LogP) is 21.0. The Labute approximate surface area is 441 Å². The van der Waals surface area contributed by atoms with E-state index in [1.165, 1.54) is 116 Å². The van der Waals surface area contributed by atoms with Crippen LogP contribution < -0.4 is 4.90 Å². The highest BCUT2D eigenvalue weighted by atomic mass is 15.1. The molecule has 1 aromatic heterocycles. The molecule has 11 aromatic rings. The van der Waals surface area contributed by atoms with E-state index in [2.05, 4.69) is 289 Å². The highest BCUT2D eigenvalue weighted by Crippen LogP contribution is 2.50. The summed E-state index contributed by atoms with van der Waals surface area (Å²) in [4.78, 5) is 2.58. The highest BCUT2D eigenvalue weighted by molar-refractivity contribution is 6.27. The molecule has 0 saturated heterocycles. The number of fused-ring (bicyclic) bond motifs is 3. The zero-order valence-corrected chi connectivity index (χ0v) is 46.6. The molecule has 0 amide bonds. The third-order valence-corrected chi connectivity index (χ3v) is 15.9. The molecule has 11 rings (SSSR count). The lowest BCUT2D eigenvalue weighted by molar-refractivity contribution is 0.568. The first kappa shape index (κ1) is 49.1. The second-order valence-electron chi connectivity index (χ2n) is 26.4. The SMILES string of the molecule is CC(C)(C)c1cc(-c2ccc(N(c3cc(C(C)(C)C)ccc3-c3cc(C(C)(C)C)cc(C(C)(C)C)c3)c3ccc4ccc5c(-n6c7ccccc7c7ccccc76)ccc6ccc3c4c65)cc2)cc(C(C)(C)C)c1. The maximum absolute atomic E-state index is 2.58. The van der Waals surface area contributed by atoms with Crippen molar-refractivity contribution in [2.24, 2.45) is 0 Å². The Morgan fingerprint density at radius 2 is 0.757 bits per heavy atom. The van der Waals surface area contributed by atoms with Crippen molar-refractivity contribution in [3.05, 3.63) is 204 Å². The first-order chi connectivity index (χ1) is 34.8. The second kappa shape index (κ2) is 17.2. The van der Waals surface area contributed by atoms with Crippen molar-refractivity contribution in [2.75, 3.05) is 4.90 Å². The molecule has 2 nitrogen and oxygen atoms in total. The molecule has 1 heterocycles. The lowest BCUT2D eigenvalue weighted by Crippen LogP contribution is -2.18. The molecule has 0 aliphatic rings. The zero-order chi connectivity index (χ0) is 52.4. The molecule has 10 aromatic carbocycles. The molecule has 372 valence electrons. The summed E-state index contributed by atoms with van der Waals surface area (Å²) in [5.74, 6) is 0. The minimum atomic E-state index is -0.0959. The summed E-state index contributed by atoms with van der Waals surface area (Å²) in [6.45, 7) is 35.0. The van der Waals surface area contributed by atoms with E-state index < -0.39 is 0 Å². The maximum atomic E-state index is 2.58. The summed E-state index contributed by atoms with van der Waals surface area (Å²) in [5.41, 5.74) is 18.5. The van der Waals surface area contributed by atoms with Crippen molar-refractivity contribution < 1.29 is 0 Å². The van der Waals surface area contributed by atoms with E-state index in [-0.39, 0.29) is 27.1 Å². The van der Waals surface area contributed by atoms with Crippen LogP contribution in [0.4, 0.5) is 17.1 Å². The van der Waals surface area contributed by atoms with Gasteiger partial charge in [-0.1, -0.05) is 237 Å². The fourth-order valence-corrected chi connectivity index (χ4v) is 11.3. The van der Waals surface area contributed by atoms with Gasteiger partial charge in [0.25, 0.3) is 0 Å². The van der Waals surface area contributed by atoms with Gasteiger partial charge in [0.1, 0.15) is 0 Å². The van der Waals surface area contributed by atoms with Crippen LogP contribution in [0.1, 0.15) is 132 Å². The smallest absolute Gasteiger partial charge is 0.0543 e. The fraction of sp³-hybridized carbons (Fsp3) is 0.278. The van der Waals surface area contributed by atoms with Gasteiger partial charge in [0.15, 0.2) is 0 Å². The first-order valence-corrected chi connectivity index (χ1v) is 26.9. The van der Waals surface area contributed by atoms with Crippen LogP contribution in [0.25, 0.3) is 82.1 Å². The molecule has 0 radical (unpaired) electrons. The third kappa shape index (κ3) is 8.55. The van der Waals surface area contributed by atoms with Gasteiger partial charge in [0.2, 0.25) is 0 Å². The van der Waals surface area contributed by atoms with Gasteiger partial charge in [-0.25, -0.2) is 0 Å². The molecular weight excluding hydrogens is 893 g/mol. The number of rotatable bonds is 6. The van der Waals surface area contributed by atoms with Crippen molar-refractivity contribution in [3.8, 4) is 27.9 Å². The quantitative estimate of drug-likeness (QED) is 0.151. The number of aromatic nitrogens is 1. The van der Waals surface area contributed by atoms with Crippen LogP contribution in [-0.4, -0.2) is 4.57 Å². The summed E-state index contributed by atoms with van der Waals surface area (Å²) in [5, 5.41) is 10.1. The predicted molar refractivity (Wildman–Crippen MR) is 324 cm³/mol. The molecule has 0 aliphatic carbocycles. The molecule has 0 spiro atoms. The minimum Gasteiger partial charge on any atom is -0.309 e. The Morgan fingerprint density at radius 3 is 1.27 bits per heavy atom. The average molecular weight is 967 g/mol. The van der Waals surface area contributed by atoms with Crippen LogP contribution in [0.3, 0.4) is 0 Å². The number of benzene rings is 10. The Balaban J connectivity index is 1.21. The van der Waals surface area contributed by atoms with Crippen LogP contribution in [0.2, 0.25) is 0 Å². The van der Waals surface area contributed by atoms with E-state index in [1.807, 2.05) is 0 Å². The van der Waals surface area contributed by atoms with Gasteiger partial charge in [-0.2, -0.15) is 0 Å². The van der Waals surface area contributed by atoms with E-state index in [9.17, 15) is 0 Å². The molecule has 0 aliphatic heterocycles. The summed E-state index contributed by atoms with van der Waals surface area (Å²) in [7, 11) is 0. The van der Waals surface area contributed by atoms with Crippen LogP contribution in [0, 0.1) is 0 Å². The zero-order valence-electron chi connectivity index (χ0n) is 46.6. The van der Waals surface area contributed by atoms with Crippen molar-refractivity contribution in [2.45, 2.75) is 131 Å². The van der Waals surface area contributed by atoms with Gasteiger partial charge in [0.05, 0.1) is 28.1 Å². The molecule has 0 saturated carbocycles. The average Bonchev–Trinajstić information content (AvgIpc) is 3.69. The van der Waals surface area contributed by atoms with E-state index in [4.69, 9.17) is 0 Å². The minimum absolute atomic E-state index is 0.0115. The van der Waals surface area contributed by atoms with Crippen molar-refractivity contribution >= 4 is 71.2 Å². The molecular formula is C72H74N2. The summed E-state index contributed by atoms with van der Waals surface area (Å²) < 4.78 is 2.48. The number of anilines is 3. The number of para-hydroxylation sites is 2. The molecule has 0 fully saturated rings. The Bertz CT molecular complexity index is 3840. The third-order valence-electron chi connectivity index (χ3n) is 15.9. The van der Waals surface area contributed by atoms with Gasteiger partial charge < -0.3 is 9.47 Å². The van der Waals surface area contributed by atoms with Crippen molar-refractivity contribution in [1.29, 1.82) is 0 Å². The van der Waals surface area contributed by atoms with Gasteiger partial charge in [-0.05, 0) is 136 Å². The largest absolute Gasteiger partial charge is 0.309 e. The van der Waals surface area contributed by atoms with Gasteiger partial charge in [0, 0.05) is 32.8 Å². The van der Waals surface area contributed by atoms with E-state index in [0.29, 0.717) is 0 Å². The van der Waals surface area contributed by atoms with E-state index in [0.717, 1.165) is 11.4 Å². The van der Waals surface area contributed by atoms with Crippen LogP contribution >= 0.6 is 0 Å². The normalized spacial score (nSPS) is 13.1. The summed E-state index contributed by atoms with van der Waals surface area (Å²) >= 11 is 0. The monoisotopic (exact) mass is 967 g/mol. The van der Waals surface area contributed by atoms with Crippen molar-refractivity contribution in [3.63, 3.8) is 0 Å². The number of hydrogen-bond acceptors (Lipinski definition) is 1. The Hall–Kier alpha value is -7.16. The summed E-state index contributed by atoms with van der Waals surface area (Å²) in [6, 6.07) is 67.9.